The minimum absolute atomic E-state index is 0.299. The van der Waals surface area contributed by atoms with Crippen LogP contribution in [0.25, 0.3) is 32.9 Å². The zero-order valence-corrected chi connectivity index (χ0v) is 13.4. The largest absolute Gasteiger partial charge is 0.462 e. The molecule has 0 amide bonds. The Hall–Kier alpha value is -3.07. The van der Waals surface area contributed by atoms with Gasteiger partial charge in [-0.25, -0.2) is 4.79 Å². The van der Waals surface area contributed by atoms with Crippen molar-refractivity contribution in [3.05, 3.63) is 72.3 Å². The summed E-state index contributed by atoms with van der Waals surface area (Å²) in [6.07, 6.45) is 0. The van der Waals surface area contributed by atoms with E-state index in [9.17, 15) is 4.79 Å². The number of ether oxygens (including phenoxy) is 1. The molecule has 1 aromatic heterocycles. The molecule has 3 aromatic carbocycles. The number of hydrogen-bond donors (Lipinski definition) is 1. The summed E-state index contributed by atoms with van der Waals surface area (Å²) >= 11 is 0. The zero-order valence-electron chi connectivity index (χ0n) is 13.4. The van der Waals surface area contributed by atoms with Gasteiger partial charge in [0.2, 0.25) is 0 Å². The first-order valence-corrected chi connectivity index (χ1v) is 8.05. The van der Waals surface area contributed by atoms with E-state index in [1.807, 2.05) is 61.5 Å². The highest BCUT2D eigenvalue weighted by Gasteiger charge is 2.17. The molecular weight excluding hydrogens is 298 g/mol. The lowest BCUT2D eigenvalue weighted by atomic mass is 9.99. The van der Waals surface area contributed by atoms with Crippen molar-refractivity contribution in [3.8, 4) is 11.1 Å². The SMILES string of the molecule is CCOC(=O)c1cc(-c2ccccc2)cc2c1[nH]c1ccccc12. The number of nitrogens with one attached hydrogen (secondary N) is 1. The summed E-state index contributed by atoms with van der Waals surface area (Å²) in [6.45, 7) is 2.18. The number of carbonyl (C=O) groups is 1. The predicted molar refractivity (Wildman–Crippen MR) is 97.2 cm³/mol. The first kappa shape index (κ1) is 14.5. The van der Waals surface area contributed by atoms with Crippen LogP contribution >= 0.6 is 0 Å². The maximum Gasteiger partial charge on any atom is 0.340 e. The summed E-state index contributed by atoms with van der Waals surface area (Å²) < 4.78 is 5.26. The van der Waals surface area contributed by atoms with Gasteiger partial charge in [0.25, 0.3) is 0 Å². The van der Waals surface area contributed by atoms with Gasteiger partial charge >= 0.3 is 5.97 Å². The molecule has 0 saturated carbocycles. The molecule has 0 unspecified atom stereocenters. The number of benzene rings is 3. The van der Waals surface area contributed by atoms with Crippen molar-refractivity contribution in [1.29, 1.82) is 0 Å². The van der Waals surface area contributed by atoms with Gasteiger partial charge in [-0.15, -0.1) is 0 Å². The van der Waals surface area contributed by atoms with Crippen molar-refractivity contribution < 1.29 is 9.53 Å². The van der Waals surface area contributed by atoms with Crippen LogP contribution in [0.5, 0.6) is 0 Å². The number of hydrogen-bond acceptors (Lipinski definition) is 2. The summed E-state index contributed by atoms with van der Waals surface area (Å²) in [4.78, 5) is 15.8. The Labute approximate surface area is 139 Å². The molecule has 0 atom stereocenters. The van der Waals surface area contributed by atoms with Gasteiger partial charge in [-0.2, -0.15) is 0 Å². The van der Waals surface area contributed by atoms with Crippen molar-refractivity contribution in [1.82, 2.24) is 4.98 Å². The summed E-state index contributed by atoms with van der Waals surface area (Å²) in [5.41, 5.74) is 4.51. The van der Waals surface area contributed by atoms with E-state index in [-0.39, 0.29) is 5.97 Å². The Kier molecular flexibility index (Phi) is 3.54. The third kappa shape index (κ3) is 2.35. The van der Waals surface area contributed by atoms with E-state index < -0.39 is 0 Å². The molecule has 118 valence electrons. The Balaban J connectivity index is 2.05. The van der Waals surface area contributed by atoms with E-state index in [1.54, 1.807) is 0 Å². The van der Waals surface area contributed by atoms with Gasteiger partial charge in [0.15, 0.2) is 0 Å². The second-order valence-electron chi connectivity index (χ2n) is 5.70. The molecule has 0 saturated heterocycles. The molecule has 4 aromatic rings. The second-order valence-corrected chi connectivity index (χ2v) is 5.70. The van der Waals surface area contributed by atoms with Crippen LogP contribution in [-0.2, 0) is 4.74 Å². The molecule has 4 rings (SSSR count). The summed E-state index contributed by atoms with van der Waals surface area (Å²) in [5.74, 6) is -0.299. The first-order chi connectivity index (χ1) is 11.8. The Morgan fingerprint density at radius 1 is 0.917 bits per heavy atom. The lowest BCUT2D eigenvalue weighted by Gasteiger charge is -2.08. The van der Waals surface area contributed by atoms with E-state index in [1.165, 1.54) is 0 Å². The molecule has 1 heterocycles. The topological polar surface area (TPSA) is 42.1 Å². The van der Waals surface area contributed by atoms with Gasteiger partial charge in [0.1, 0.15) is 0 Å². The molecule has 1 N–H and O–H groups in total. The number of carbonyl (C=O) groups excluding carboxylic acids is 1. The van der Waals surface area contributed by atoms with Crippen LogP contribution in [-0.4, -0.2) is 17.6 Å². The highest BCUT2D eigenvalue weighted by atomic mass is 16.5. The van der Waals surface area contributed by atoms with E-state index in [4.69, 9.17) is 4.74 Å². The van der Waals surface area contributed by atoms with Crippen LogP contribution in [0.3, 0.4) is 0 Å². The maximum atomic E-state index is 12.5. The lowest BCUT2D eigenvalue weighted by molar-refractivity contribution is 0.0528. The highest BCUT2D eigenvalue weighted by molar-refractivity contribution is 6.15. The average Bonchev–Trinajstić information content (AvgIpc) is 3.00. The summed E-state index contributed by atoms with van der Waals surface area (Å²) in [7, 11) is 0. The molecule has 0 spiro atoms. The Morgan fingerprint density at radius 2 is 1.67 bits per heavy atom. The number of H-pyrrole nitrogens is 1. The normalized spacial score (nSPS) is 11.0. The van der Waals surface area contributed by atoms with E-state index >= 15 is 0 Å². The second kappa shape index (κ2) is 5.85. The van der Waals surface area contributed by atoms with Gasteiger partial charge in [0, 0.05) is 16.3 Å². The molecule has 0 aliphatic rings. The van der Waals surface area contributed by atoms with Gasteiger partial charge in [-0.3, -0.25) is 0 Å². The monoisotopic (exact) mass is 315 g/mol. The molecule has 0 aliphatic heterocycles. The van der Waals surface area contributed by atoms with Gasteiger partial charge in [-0.1, -0.05) is 48.5 Å². The van der Waals surface area contributed by atoms with Crippen LogP contribution in [0, 0.1) is 0 Å². The highest BCUT2D eigenvalue weighted by Crippen LogP contribution is 2.33. The number of aromatic nitrogens is 1. The van der Waals surface area contributed by atoms with Crippen LogP contribution in [0.2, 0.25) is 0 Å². The van der Waals surface area contributed by atoms with Gasteiger partial charge in [0.05, 0.1) is 17.7 Å². The maximum absolute atomic E-state index is 12.5. The summed E-state index contributed by atoms with van der Waals surface area (Å²) in [5, 5.41) is 2.14. The van der Waals surface area contributed by atoms with Crippen LogP contribution < -0.4 is 0 Å². The van der Waals surface area contributed by atoms with Gasteiger partial charge < -0.3 is 9.72 Å². The van der Waals surface area contributed by atoms with E-state index in [0.29, 0.717) is 12.2 Å². The van der Waals surface area contributed by atoms with Crippen LogP contribution in [0.1, 0.15) is 17.3 Å². The van der Waals surface area contributed by atoms with Crippen molar-refractivity contribution in [2.75, 3.05) is 6.61 Å². The molecule has 3 nitrogen and oxygen atoms in total. The smallest absolute Gasteiger partial charge is 0.340 e. The number of esters is 1. The quantitative estimate of drug-likeness (QED) is 0.530. The first-order valence-electron chi connectivity index (χ1n) is 8.05. The number of fused-ring (bicyclic) bond motifs is 3. The summed E-state index contributed by atoms with van der Waals surface area (Å²) in [6, 6.07) is 22.2. The zero-order chi connectivity index (χ0) is 16.5. The molecule has 0 bridgehead atoms. The van der Waals surface area contributed by atoms with Crippen LogP contribution in [0.15, 0.2) is 66.7 Å². The standard InChI is InChI=1S/C21H17NO2/c1-2-24-21(23)18-13-15(14-8-4-3-5-9-14)12-17-16-10-6-7-11-19(16)22-20(17)18/h3-13,22H,2H2,1H3. The third-order valence-electron chi connectivity index (χ3n) is 4.22. The predicted octanol–water partition coefficient (Wildman–Crippen LogP) is 5.16. The Bertz CT molecular complexity index is 1030. The average molecular weight is 315 g/mol. The minimum atomic E-state index is -0.299. The fraction of sp³-hybridized carbons (Fsp3) is 0.0952. The van der Waals surface area contributed by atoms with Gasteiger partial charge in [-0.05, 0) is 36.2 Å². The van der Waals surface area contributed by atoms with Crippen molar-refractivity contribution in [3.63, 3.8) is 0 Å². The molecule has 0 aliphatic carbocycles. The third-order valence-corrected chi connectivity index (χ3v) is 4.22. The number of para-hydroxylation sites is 1. The number of rotatable bonds is 3. The molecule has 3 heteroatoms. The van der Waals surface area contributed by atoms with Crippen molar-refractivity contribution in [2.24, 2.45) is 0 Å². The van der Waals surface area contributed by atoms with E-state index in [2.05, 4.69) is 17.1 Å². The Morgan fingerprint density at radius 3 is 2.46 bits per heavy atom. The lowest BCUT2D eigenvalue weighted by Crippen LogP contribution is -2.05. The fourth-order valence-electron chi connectivity index (χ4n) is 3.12. The molecule has 0 fully saturated rings. The van der Waals surface area contributed by atoms with E-state index in [0.717, 1.165) is 32.9 Å². The van der Waals surface area contributed by atoms with Crippen LogP contribution in [0.4, 0.5) is 0 Å². The van der Waals surface area contributed by atoms with Crippen molar-refractivity contribution >= 4 is 27.8 Å². The molecular formula is C21H17NO2. The fourth-order valence-corrected chi connectivity index (χ4v) is 3.12. The number of aromatic amines is 1. The van der Waals surface area contributed by atoms with Crippen molar-refractivity contribution in [2.45, 2.75) is 6.92 Å². The minimum Gasteiger partial charge on any atom is -0.462 e. The molecule has 0 radical (unpaired) electrons. The molecule has 24 heavy (non-hydrogen) atoms.